The van der Waals surface area contributed by atoms with Crippen LogP contribution in [0.25, 0.3) is 0 Å². The van der Waals surface area contributed by atoms with Gasteiger partial charge in [0.2, 0.25) is 0 Å². The predicted molar refractivity (Wildman–Crippen MR) is 82.2 cm³/mol. The molecule has 1 N–H and O–H groups in total. The van der Waals surface area contributed by atoms with E-state index in [4.69, 9.17) is 4.74 Å². The molecular formula is C17H24N2O2. The zero-order chi connectivity index (χ0) is 14.5. The highest BCUT2D eigenvalue weighted by Gasteiger charge is 2.20. The molecule has 114 valence electrons. The van der Waals surface area contributed by atoms with E-state index >= 15 is 0 Å². The number of hydrogen-bond donors (Lipinski definition) is 1. The van der Waals surface area contributed by atoms with E-state index in [1.54, 1.807) is 0 Å². The van der Waals surface area contributed by atoms with Crippen LogP contribution in [0.5, 0.6) is 5.75 Å². The fourth-order valence-corrected chi connectivity index (χ4v) is 2.67. The Balaban J connectivity index is 1.47. The summed E-state index contributed by atoms with van der Waals surface area (Å²) in [6, 6.07) is 8.73. The van der Waals surface area contributed by atoms with Crippen molar-refractivity contribution in [3.63, 3.8) is 0 Å². The molecule has 21 heavy (non-hydrogen) atoms. The van der Waals surface area contributed by atoms with Gasteiger partial charge >= 0.3 is 0 Å². The molecule has 1 aromatic carbocycles. The van der Waals surface area contributed by atoms with Crippen LogP contribution in [0.4, 0.5) is 0 Å². The van der Waals surface area contributed by atoms with Gasteiger partial charge in [-0.3, -0.25) is 4.79 Å². The van der Waals surface area contributed by atoms with Crippen LogP contribution in [0.15, 0.2) is 24.3 Å². The first-order valence-electron chi connectivity index (χ1n) is 8.04. The SMILES string of the molecule is O=C(COc1cccc(CNC2CC2)c1)N1CCCCC1. The Labute approximate surface area is 126 Å². The maximum Gasteiger partial charge on any atom is 0.260 e. The van der Waals surface area contributed by atoms with Crippen molar-refractivity contribution in [2.75, 3.05) is 19.7 Å². The van der Waals surface area contributed by atoms with Crippen LogP contribution in [-0.4, -0.2) is 36.5 Å². The standard InChI is InChI=1S/C17H24N2O2/c20-17(19-9-2-1-3-10-19)13-21-16-6-4-5-14(11-16)12-18-15-7-8-15/h4-6,11,15,18H,1-3,7-10,12-13H2. The van der Waals surface area contributed by atoms with Crippen molar-refractivity contribution in [1.29, 1.82) is 0 Å². The number of likely N-dealkylation sites (tertiary alicyclic amines) is 1. The minimum absolute atomic E-state index is 0.108. The maximum atomic E-state index is 12.1. The van der Waals surface area contributed by atoms with E-state index in [1.165, 1.54) is 24.8 Å². The summed E-state index contributed by atoms with van der Waals surface area (Å²) in [7, 11) is 0. The Hall–Kier alpha value is -1.55. The number of hydrogen-bond acceptors (Lipinski definition) is 3. The van der Waals surface area contributed by atoms with Crippen LogP contribution in [0, 0.1) is 0 Å². The van der Waals surface area contributed by atoms with Gasteiger partial charge < -0.3 is 15.0 Å². The van der Waals surface area contributed by atoms with Gasteiger partial charge in [-0.15, -0.1) is 0 Å². The topological polar surface area (TPSA) is 41.6 Å². The van der Waals surface area contributed by atoms with E-state index in [0.717, 1.165) is 38.2 Å². The minimum atomic E-state index is 0.108. The van der Waals surface area contributed by atoms with Crippen LogP contribution >= 0.6 is 0 Å². The first-order chi connectivity index (χ1) is 10.3. The molecule has 0 aromatic heterocycles. The molecule has 1 amide bonds. The van der Waals surface area contributed by atoms with Gasteiger partial charge in [0.25, 0.3) is 5.91 Å². The van der Waals surface area contributed by atoms with Gasteiger partial charge in [0, 0.05) is 25.7 Å². The highest BCUT2D eigenvalue weighted by atomic mass is 16.5. The first kappa shape index (κ1) is 14.4. The quantitative estimate of drug-likeness (QED) is 0.873. The van der Waals surface area contributed by atoms with E-state index in [-0.39, 0.29) is 12.5 Å². The lowest BCUT2D eigenvalue weighted by Crippen LogP contribution is -2.38. The third-order valence-electron chi connectivity index (χ3n) is 4.14. The lowest BCUT2D eigenvalue weighted by atomic mass is 10.1. The third kappa shape index (κ3) is 4.46. The van der Waals surface area contributed by atoms with Crippen molar-refractivity contribution < 1.29 is 9.53 Å². The van der Waals surface area contributed by atoms with Crippen LogP contribution in [0.1, 0.15) is 37.7 Å². The van der Waals surface area contributed by atoms with Crippen molar-refractivity contribution >= 4 is 5.91 Å². The number of nitrogens with zero attached hydrogens (tertiary/aromatic N) is 1. The largest absolute Gasteiger partial charge is 0.484 e. The molecule has 1 aromatic rings. The lowest BCUT2D eigenvalue weighted by molar-refractivity contribution is -0.134. The van der Waals surface area contributed by atoms with Crippen LogP contribution < -0.4 is 10.1 Å². The summed E-state index contributed by atoms with van der Waals surface area (Å²) in [6.45, 7) is 2.79. The van der Waals surface area contributed by atoms with Gasteiger partial charge in [-0.2, -0.15) is 0 Å². The molecule has 0 radical (unpaired) electrons. The Kier molecular flexibility index (Phi) is 4.76. The van der Waals surface area contributed by atoms with E-state index in [0.29, 0.717) is 6.04 Å². The molecule has 0 spiro atoms. The van der Waals surface area contributed by atoms with Crippen molar-refractivity contribution in [2.24, 2.45) is 0 Å². The molecule has 0 bridgehead atoms. The Morgan fingerprint density at radius 1 is 1.24 bits per heavy atom. The normalized spacial score (nSPS) is 18.6. The van der Waals surface area contributed by atoms with Crippen LogP contribution in [-0.2, 0) is 11.3 Å². The number of carbonyl (C=O) groups excluding carboxylic acids is 1. The minimum Gasteiger partial charge on any atom is -0.484 e. The van der Waals surface area contributed by atoms with Crippen LogP contribution in [0.2, 0.25) is 0 Å². The van der Waals surface area contributed by atoms with Gasteiger partial charge in [0.05, 0.1) is 0 Å². The second-order valence-corrected chi connectivity index (χ2v) is 6.03. The summed E-state index contributed by atoms with van der Waals surface area (Å²) < 4.78 is 5.67. The zero-order valence-electron chi connectivity index (χ0n) is 12.5. The number of nitrogens with one attached hydrogen (secondary N) is 1. The van der Waals surface area contributed by atoms with Gasteiger partial charge in [0.15, 0.2) is 6.61 Å². The van der Waals surface area contributed by atoms with E-state index in [1.807, 2.05) is 23.1 Å². The lowest BCUT2D eigenvalue weighted by Gasteiger charge is -2.26. The molecule has 2 fully saturated rings. The molecule has 1 saturated heterocycles. The van der Waals surface area contributed by atoms with Crippen molar-refractivity contribution in [1.82, 2.24) is 10.2 Å². The molecule has 0 atom stereocenters. The number of carbonyl (C=O) groups is 1. The van der Waals surface area contributed by atoms with E-state index < -0.39 is 0 Å². The number of piperidine rings is 1. The summed E-state index contributed by atoms with van der Waals surface area (Å²) >= 11 is 0. The molecule has 4 nitrogen and oxygen atoms in total. The zero-order valence-corrected chi connectivity index (χ0v) is 12.5. The van der Waals surface area contributed by atoms with E-state index in [2.05, 4.69) is 11.4 Å². The highest BCUT2D eigenvalue weighted by Crippen LogP contribution is 2.20. The molecule has 1 aliphatic carbocycles. The first-order valence-corrected chi connectivity index (χ1v) is 8.04. The number of amides is 1. The molecule has 4 heteroatoms. The van der Waals surface area contributed by atoms with Gasteiger partial charge in [0.1, 0.15) is 5.75 Å². The Bertz CT molecular complexity index is 479. The smallest absolute Gasteiger partial charge is 0.260 e. The highest BCUT2D eigenvalue weighted by molar-refractivity contribution is 5.77. The predicted octanol–water partition coefficient (Wildman–Crippen LogP) is 2.33. The molecule has 0 unspecified atom stereocenters. The second kappa shape index (κ2) is 6.94. The molecular weight excluding hydrogens is 264 g/mol. The Morgan fingerprint density at radius 2 is 2.05 bits per heavy atom. The molecule has 1 saturated carbocycles. The summed E-state index contributed by atoms with van der Waals surface area (Å²) in [5.41, 5.74) is 1.21. The molecule has 3 rings (SSSR count). The molecule has 1 aliphatic heterocycles. The second-order valence-electron chi connectivity index (χ2n) is 6.03. The van der Waals surface area contributed by atoms with Crippen molar-refractivity contribution in [3.8, 4) is 5.75 Å². The number of benzene rings is 1. The van der Waals surface area contributed by atoms with Gasteiger partial charge in [-0.05, 0) is 49.8 Å². The third-order valence-corrected chi connectivity index (χ3v) is 4.14. The Morgan fingerprint density at radius 3 is 2.81 bits per heavy atom. The fraction of sp³-hybridized carbons (Fsp3) is 0.588. The molecule has 2 aliphatic rings. The summed E-state index contributed by atoms with van der Waals surface area (Å²) in [5, 5.41) is 3.49. The average Bonchev–Trinajstić information content (AvgIpc) is 3.36. The van der Waals surface area contributed by atoms with Gasteiger partial charge in [-0.25, -0.2) is 0 Å². The average molecular weight is 288 g/mol. The van der Waals surface area contributed by atoms with Crippen LogP contribution in [0.3, 0.4) is 0 Å². The monoisotopic (exact) mass is 288 g/mol. The summed E-state index contributed by atoms with van der Waals surface area (Å²) in [5.74, 6) is 0.895. The maximum absolute atomic E-state index is 12.1. The molecule has 1 heterocycles. The summed E-state index contributed by atoms with van der Waals surface area (Å²) in [4.78, 5) is 14.0. The number of rotatable bonds is 6. The fourth-order valence-electron chi connectivity index (χ4n) is 2.67. The van der Waals surface area contributed by atoms with Crippen molar-refractivity contribution in [3.05, 3.63) is 29.8 Å². The number of ether oxygens (including phenoxy) is 1. The van der Waals surface area contributed by atoms with Crippen molar-refractivity contribution in [2.45, 2.75) is 44.7 Å². The van der Waals surface area contributed by atoms with E-state index in [9.17, 15) is 4.79 Å². The van der Waals surface area contributed by atoms with Gasteiger partial charge in [-0.1, -0.05) is 12.1 Å². The summed E-state index contributed by atoms with van der Waals surface area (Å²) in [6.07, 6.45) is 6.06.